The van der Waals surface area contributed by atoms with Crippen LogP contribution >= 0.6 is 23.0 Å². The van der Waals surface area contributed by atoms with Crippen molar-refractivity contribution in [2.45, 2.75) is 24.5 Å². The van der Waals surface area contributed by atoms with Gasteiger partial charge in [0.05, 0.1) is 18.8 Å². The maximum absolute atomic E-state index is 11.8. The van der Waals surface area contributed by atoms with Gasteiger partial charge in [0.2, 0.25) is 5.95 Å². The van der Waals surface area contributed by atoms with Crippen molar-refractivity contribution >= 4 is 40.1 Å². The molecule has 7 unspecified atom stereocenters. The fourth-order valence-corrected chi connectivity index (χ4v) is 6.97. The molecule has 1 aliphatic rings. The molecule has 0 aromatic carbocycles. The number of nitrogens with two attached hydrogens (primary N) is 1. The van der Waals surface area contributed by atoms with Crippen molar-refractivity contribution in [1.29, 1.82) is 0 Å². The number of nitrogens with one attached hydrogen (secondary N) is 1. The Labute approximate surface area is 262 Å². The summed E-state index contributed by atoms with van der Waals surface area (Å²) in [6.45, 7) is -1.06. The van der Waals surface area contributed by atoms with Crippen molar-refractivity contribution in [2.24, 2.45) is 0 Å². The average Bonchev–Trinajstić information content (AvgIpc) is 3.12. The zero-order valence-corrected chi connectivity index (χ0v) is 27.2. The largest absolute Gasteiger partial charge is 1.00 e. The monoisotopic (exact) mass is 587 g/mol. The maximum Gasteiger partial charge on any atom is 1.00 e. The number of phosphoric acid groups is 1. The predicted octanol–water partition coefficient (Wildman–Crippen LogP) is -13.1. The molecule has 18 nitrogen and oxygen atoms in total. The minimum Gasteiger partial charge on any atom is -0.778 e. The molecule has 2 aromatic heterocycles. The molecule has 24 heteroatoms. The summed E-state index contributed by atoms with van der Waals surface area (Å²) in [5, 5.41) is 20.4. The molecule has 0 saturated carbocycles. The quantitative estimate of drug-likeness (QED) is 0.141. The van der Waals surface area contributed by atoms with Crippen molar-refractivity contribution in [2.75, 3.05) is 18.2 Å². The second-order valence-corrected chi connectivity index (χ2v) is 12.0. The Morgan fingerprint density at radius 3 is 2.34 bits per heavy atom. The third kappa shape index (κ3) is 9.57. The summed E-state index contributed by atoms with van der Waals surface area (Å²) in [6.07, 6.45) is -5.43. The fraction of sp³-hybridized carbons (Fsp3) is 0.545. The van der Waals surface area contributed by atoms with Crippen LogP contribution in [0.5, 0.6) is 0 Å². The van der Waals surface area contributed by atoms with Gasteiger partial charge in [-0.15, -0.1) is 0 Å². The third-order valence-electron chi connectivity index (χ3n) is 4.04. The Hall–Kier alpha value is 1.48. The molecular formula is C11H15N5Na3O13P3. The summed E-state index contributed by atoms with van der Waals surface area (Å²) in [5.74, 6) is -2.28. The number of nitrogens with zero attached hydrogens (tertiary/aromatic N) is 3. The van der Waals surface area contributed by atoms with E-state index in [1.54, 1.807) is 0 Å². The van der Waals surface area contributed by atoms with E-state index in [1.807, 2.05) is 0 Å². The number of H-pyrrole nitrogens is 1. The standard InChI is InChI=1S/C11H18N5O13P3.3Na/c12-11-14-8-5(9(19)15-11)13-2-16(8)10-7(18)6(17)4(28-10)1-27-32(25,26)29-31(23,24)3-30(20,21)22;;;/h2,4,6-7,10,17-18H,1,3H2,(H,23,24)(H,25,26)(H2,20,21,22)(H3,12,14,15,19);;;/q;3*+1/p-3. The first-order valence-corrected chi connectivity index (χ1v) is 13.3. The average molecular weight is 587 g/mol. The van der Waals surface area contributed by atoms with E-state index in [0.717, 1.165) is 10.9 Å². The van der Waals surface area contributed by atoms with Crippen LogP contribution < -0.4 is 115 Å². The van der Waals surface area contributed by atoms with Gasteiger partial charge in [-0.2, -0.15) is 4.98 Å². The number of hydrogen-bond donors (Lipinski definition) is 5. The number of imidazole rings is 1. The smallest absolute Gasteiger partial charge is 0.778 e. The van der Waals surface area contributed by atoms with Crippen molar-refractivity contribution in [1.82, 2.24) is 19.5 Å². The van der Waals surface area contributed by atoms with Crippen LogP contribution in [0.25, 0.3) is 11.2 Å². The zero-order valence-electron chi connectivity index (χ0n) is 18.5. The Bertz CT molecular complexity index is 1220. The minimum atomic E-state index is -5.69. The van der Waals surface area contributed by atoms with E-state index < -0.39 is 65.6 Å². The van der Waals surface area contributed by atoms with Crippen LogP contribution in [-0.4, -0.2) is 65.4 Å². The number of nitrogen functional groups attached to an aromatic ring is 1. The Morgan fingerprint density at radius 1 is 1.17 bits per heavy atom. The van der Waals surface area contributed by atoms with Crippen LogP contribution in [0.2, 0.25) is 0 Å². The summed E-state index contributed by atoms with van der Waals surface area (Å²) in [5.41, 5.74) is 4.47. The second-order valence-electron chi connectivity index (χ2n) is 6.54. The van der Waals surface area contributed by atoms with E-state index in [-0.39, 0.29) is 106 Å². The van der Waals surface area contributed by atoms with Crippen molar-refractivity contribution in [3.05, 3.63) is 16.7 Å². The number of anilines is 1. The maximum atomic E-state index is 11.8. The molecule has 1 fully saturated rings. The summed E-state index contributed by atoms with van der Waals surface area (Å²) in [6, 6.07) is 0. The Balaban J connectivity index is 0.00000385. The van der Waals surface area contributed by atoms with Gasteiger partial charge in [0.15, 0.2) is 25.0 Å². The van der Waals surface area contributed by atoms with E-state index >= 15 is 0 Å². The summed E-state index contributed by atoms with van der Waals surface area (Å²) < 4.78 is 48.1. The van der Waals surface area contributed by atoms with Gasteiger partial charge in [0.1, 0.15) is 25.9 Å². The predicted molar refractivity (Wildman–Crippen MR) is 95.4 cm³/mol. The van der Waals surface area contributed by atoms with Gasteiger partial charge in [0, 0.05) is 0 Å². The van der Waals surface area contributed by atoms with E-state index in [2.05, 4.69) is 23.8 Å². The summed E-state index contributed by atoms with van der Waals surface area (Å²) in [4.78, 5) is 64.0. The molecule has 7 atom stereocenters. The fourth-order valence-electron chi connectivity index (χ4n) is 2.81. The Morgan fingerprint density at radius 2 is 1.77 bits per heavy atom. The molecule has 0 amide bonds. The molecule has 2 aromatic rings. The normalized spacial score (nSPS) is 26.9. The number of fused-ring (bicyclic) bond motifs is 1. The number of aromatic nitrogens is 4. The molecule has 6 N–H and O–H groups in total. The van der Waals surface area contributed by atoms with Gasteiger partial charge in [-0.3, -0.25) is 23.2 Å². The van der Waals surface area contributed by atoms with Crippen molar-refractivity contribution in [3.63, 3.8) is 0 Å². The molecule has 35 heavy (non-hydrogen) atoms. The molecule has 0 spiro atoms. The summed E-state index contributed by atoms with van der Waals surface area (Å²) in [7, 11) is -16.7. The Kier molecular flexibility index (Phi) is 14.3. The SMILES string of the molecule is Nc1nc2c(ncn2C2OC(COP(=O)([O-])OP(=O)([O-])CP(=O)([O-])O)C(O)C2O)c(=O)[nH]1.[Na+].[Na+].[Na+]. The number of rotatable bonds is 8. The summed E-state index contributed by atoms with van der Waals surface area (Å²) >= 11 is 0. The number of aliphatic hydroxyl groups excluding tert-OH is 2. The van der Waals surface area contributed by atoms with Crippen molar-refractivity contribution in [3.8, 4) is 0 Å². The molecule has 0 radical (unpaired) electrons. The molecule has 1 aliphatic heterocycles. The van der Waals surface area contributed by atoms with Gasteiger partial charge in [0.25, 0.3) is 13.4 Å². The first-order chi connectivity index (χ1) is 14.6. The van der Waals surface area contributed by atoms with E-state index in [1.165, 1.54) is 0 Å². The van der Waals surface area contributed by atoms with Crippen LogP contribution in [0.3, 0.4) is 0 Å². The number of aliphatic hydroxyl groups is 2. The minimum absolute atomic E-state index is 0. The van der Waals surface area contributed by atoms with Crippen LogP contribution in [0.15, 0.2) is 11.1 Å². The number of ether oxygens (including phenoxy) is 1. The van der Waals surface area contributed by atoms with Crippen molar-refractivity contribution < 1.29 is 146 Å². The molecule has 180 valence electrons. The molecule has 0 aliphatic carbocycles. The zero-order chi connectivity index (χ0) is 24.1. The second kappa shape index (κ2) is 13.7. The molecular weight excluding hydrogens is 572 g/mol. The van der Waals surface area contributed by atoms with Crippen LogP contribution in [0.1, 0.15) is 6.23 Å². The third-order valence-corrected chi connectivity index (χ3v) is 9.11. The number of hydrogen-bond acceptors (Lipinski definition) is 15. The number of phosphoric ester groups is 1. The number of aromatic amines is 1. The van der Waals surface area contributed by atoms with Gasteiger partial charge < -0.3 is 53.9 Å². The first kappa shape index (κ1) is 36.5. The van der Waals surface area contributed by atoms with Crippen LogP contribution in [-0.2, 0) is 27.3 Å². The van der Waals surface area contributed by atoms with Crippen LogP contribution in [0, 0.1) is 0 Å². The molecule has 3 rings (SSSR count). The van der Waals surface area contributed by atoms with E-state index in [0.29, 0.717) is 0 Å². The van der Waals surface area contributed by atoms with Gasteiger partial charge in [-0.1, -0.05) is 0 Å². The van der Waals surface area contributed by atoms with Gasteiger partial charge in [-0.05, 0) is 0 Å². The topological polar surface area (TPSA) is 298 Å². The van der Waals surface area contributed by atoms with Crippen LogP contribution in [0.4, 0.5) is 5.95 Å². The van der Waals surface area contributed by atoms with Gasteiger partial charge >= 0.3 is 88.7 Å². The molecule has 1 saturated heterocycles. The van der Waals surface area contributed by atoms with E-state index in [9.17, 15) is 43.4 Å². The first-order valence-electron chi connectivity index (χ1n) is 8.32. The molecule has 0 bridgehead atoms. The van der Waals surface area contributed by atoms with E-state index in [4.69, 9.17) is 15.4 Å². The molecule has 3 heterocycles. The van der Waals surface area contributed by atoms with Gasteiger partial charge in [-0.25, -0.2) is 4.98 Å².